The van der Waals surface area contributed by atoms with Crippen LogP contribution in [-0.2, 0) is 19.6 Å². The SMILES string of the molecule is Cn1ncc(Br)c1-c1c(Cl)sc(C(N)=O)c1[C@@H](CN)Cc1cccc(C(F)(F)F)c1. The number of amides is 1. The summed E-state index contributed by atoms with van der Waals surface area (Å²) >= 11 is 10.9. The number of aryl methyl sites for hydroxylation is 1. The third kappa shape index (κ3) is 4.41. The number of alkyl halides is 3. The molecular formula is C19H17BrClF3N4OS. The number of hydrogen-bond acceptors (Lipinski definition) is 4. The van der Waals surface area contributed by atoms with Gasteiger partial charge in [0.25, 0.3) is 5.91 Å². The fourth-order valence-electron chi connectivity index (χ4n) is 3.36. The third-order valence-electron chi connectivity index (χ3n) is 4.69. The molecule has 2 heterocycles. The van der Waals surface area contributed by atoms with Crippen LogP contribution < -0.4 is 11.5 Å². The van der Waals surface area contributed by atoms with E-state index in [1.165, 1.54) is 6.07 Å². The molecule has 11 heteroatoms. The van der Waals surface area contributed by atoms with Gasteiger partial charge < -0.3 is 11.5 Å². The van der Waals surface area contributed by atoms with E-state index in [0.717, 1.165) is 23.5 Å². The lowest BCUT2D eigenvalue weighted by molar-refractivity contribution is -0.137. The molecule has 160 valence electrons. The lowest BCUT2D eigenvalue weighted by Gasteiger charge is -2.19. The Kier molecular flexibility index (Phi) is 6.61. The molecule has 3 rings (SSSR count). The van der Waals surface area contributed by atoms with E-state index in [1.807, 2.05) is 0 Å². The summed E-state index contributed by atoms with van der Waals surface area (Å²) in [5.41, 5.74) is 13.0. The first-order chi connectivity index (χ1) is 14.0. The maximum absolute atomic E-state index is 13.1. The molecule has 0 fully saturated rings. The van der Waals surface area contributed by atoms with Crippen LogP contribution in [0.2, 0.25) is 4.34 Å². The van der Waals surface area contributed by atoms with Crippen molar-refractivity contribution in [1.29, 1.82) is 0 Å². The second-order valence-electron chi connectivity index (χ2n) is 6.66. The zero-order valence-electron chi connectivity index (χ0n) is 15.6. The molecule has 0 bridgehead atoms. The Morgan fingerprint density at radius 1 is 1.40 bits per heavy atom. The first-order valence-corrected chi connectivity index (χ1v) is 10.7. The fourth-order valence-corrected chi connectivity index (χ4v) is 5.30. The summed E-state index contributed by atoms with van der Waals surface area (Å²) in [5.74, 6) is -1.17. The lowest BCUT2D eigenvalue weighted by Crippen LogP contribution is -2.20. The van der Waals surface area contributed by atoms with Crippen LogP contribution in [0.4, 0.5) is 13.2 Å². The largest absolute Gasteiger partial charge is 0.416 e. The molecule has 1 atom stereocenters. The Labute approximate surface area is 187 Å². The molecule has 30 heavy (non-hydrogen) atoms. The van der Waals surface area contributed by atoms with Gasteiger partial charge in [-0.15, -0.1) is 11.3 Å². The van der Waals surface area contributed by atoms with Gasteiger partial charge in [-0.3, -0.25) is 9.48 Å². The van der Waals surface area contributed by atoms with E-state index in [1.54, 1.807) is 24.0 Å². The van der Waals surface area contributed by atoms with Crippen molar-refractivity contribution in [3.8, 4) is 11.3 Å². The lowest BCUT2D eigenvalue weighted by atomic mass is 9.88. The zero-order valence-corrected chi connectivity index (χ0v) is 18.8. The number of nitrogens with two attached hydrogens (primary N) is 2. The number of rotatable bonds is 6. The highest BCUT2D eigenvalue weighted by molar-refractivity contribution is 9.10. The van der Waals surface area contributed by atoms with E-state index in [4.69, 9.17) is 23.1 Å². The number of carbonyl (C=O) groups is 1. The summed E-state index contributed by atoms with van der Waals surface area (Å²) in [4.78, 5) is 12.4. The van der Waals surface area contributed by atoms with E-state index in [0.29, 0.717) is 31.2 Å². The molecule has 0 aliphatic carbocycles. The minimum atomic E-state index is -4.46. The van der Waals surface area contributed by atoms with Crippen LogP contribution >= 0.6 is 38.9 Å². The van der Waals surface area contributed by atoms with Gasteiger partial charge in [0.05, 0.1) is 26.8 Å². The molecule has 4 N–H and O–H groups in total. The molecule has 0 aliphatic rings. The van der Waals surface area contributed by atoms with E-state index in [2.05, 4.69) is 21.0 Å². The highest BCUT2D eigenvalue weighted by atomic mass is 79.9. The Morgan fingerprint density at radius 2 is 2.10 bits per heavy atom. The molecular weight excluding hydrogens is 505 g/mol. The van der Waals surface area contributed by atoms with Gasteiger partial charge in [0.1, 0.15) is 4.34 Å². The van der Waals surface area contributed by atoms with Gasteiger partial charge in [0.2, 0.25) is 0 Å². The van der Waals surface area contributed by atoms with Crippen LogP contribution in [0.25, 0.3) is 11.3 Å². The summed E-state index contributed by atoms with van der Waals surface area (Å²) in [7, 11) is 1.71. The number of primary amides is 1. The number of thiophene rings is 1. The Hall–Kier alpha value is -1.88. The number of halogens is 5. The smallest absolute Gasteiger partial charge is 0.365 e. The van der Waals surface area contributed by atoms with Crippen molar-refractivity contribution >= 4 is 44.8 Å². The van der Waals surface area contributed by atoms with E-state index in [-0.39, 0.29) is 17.8 Å². The number of carbonyl (C=O) groups excluding carboxylic acids is 1. The summed E-state index contributed by atoms with van der Waals surface area (Å²) < 4.78 is 41.9. The summed E-state index contributed by atoms with van der Waals surface area (Å²) in [5, 5.41) is 4.18. The number of hydrogen-bond donors (Lipinski definition) is 2. The molecule has 5 nitrogen and oxygen atoms in total. The normalized spacial score (nSPS) is 12.9. The van der Waals surface area contributed by atoms with Crippen molar-refractivity contribution in [3.05, 3.63) is 60.8 Å². The van der Waals surface area contributed by atoms with Crippen molar-refractivity contribution < 1.29 is 18.0 Å². The molecule has 3 aromatic rings. The van der Waals surface area contributed by atoms with E-state index < -0.39 is 23.6 Å². The number of nitrogens with zero attached hydrogens (tertiary/aromatic N) is 2. The molecule has 1 amide bonds. The van der Waals surface area contributed by atoms with Gasteiger partial charge in [-0.25, -0.2) is 0 Å². The summed E-state index contributed by atoms with van der Waals surface area (Å²) in [6, 6.07) is 5.03. The second-order valence-corrected chi connectivity index (χ2v) is 9.13. The van der Waals surface area contributed by atoms with Crippen molar-refractivity contribution in [2.45, 2.75) is 18.5 Å². The fraction of sp³-hybridized carbons (Fsp3) is 0.263. The number of aromatic nitrogens is 2. The Bertz CT molecular complexity index is 1080. The first kappa shape index (κ1) is 22.8. The molecule has 0 saturated carbocycles. The quantitative estimate of drug-likeness (QED) is 0.480. The topological polar surface area (TPSA) is 86.9 Å². The molecule has 0 unspecified atom stereocenters. The average molecular weight is 522 g/mol. The average Bonchev–Trinajstić information content (AvgIpc) is 3.18. The summed E-state index contributed by atoms with van der Waals surface area (Å²) in [6.45, 7) is 0.0755. The van der Waals surface area contributed by atoms with Crippen LogP contribution in [0, 0.1) is 0 Å². The Morgan fingerprint density at radius 3 is 2.63 bits per heavy atom. The third-order valence-corrected chi connectivity index (χ3v) is 6.70. The standard InChI is InChI=1S/C19H17BrClF3N4OS/c1-28-15(12(20)8-27-28)14-13(16(18(26)29)30-17(14)21)10(7-25)5-9-3-2-4-11(6-9)19(22,23)24/h2-4,6,8,10H,5,7,25H2,1H3,(H2,26,29)/t10-/m1/s1. The van der Waals surface area contributed by atoms with Crippen LogP contribution in [0.15, 0.2) is 34.9 Å². The van der Waals surface area contributed by atoms with Gasteiger partial charge in [0.15, 0.2) is 0 Å². The molecule has 0 saturated heterocycles. The highest BCUT2D eigenvalue weighted by Crippen LogP contribution is 2.46. The van der Waals surface area contributed by atoms with Gasteiger partial charge in [-0.2, -0.15) is 18.3 Å². The van der Waals surface area contributed by atoms with Crippen molar-refractivity contribution in [3.63, 3.8) is 0 Å². The maximum Gasteiger partial charge on any atom is 0.416 e. The second kappa shape index (κ2) is 8.70. The van der Waals surface area contributed by atoms with E-state index in [9.17, 15) is 18.0 Å². The zero-order chi connectivity index (χ0) is 22.2. The van der Waals surface area contributed by atoms with Crippen molar-refractivity contribution in [2.75, 3.05) is 6.54 Å². The molecule has 2 aromatic heterocycles. The van der Waals surface area contributed by atoms with Gasteiger partial charge >= 0.3 is 6.18 Å². The predicted molar refractivity (Wildman–Crippen MR) is 115 cm³/mol. The van der Waals surface area contributed by atoms with Crippen LogP contribution in [0.1, 0.15) is 32.3 Å². The molecule has 1 aromatic carbocycles. The van der Waals surface area contributed by atoms with Crippen LogP contribution in [0.5, 0.6) is 0 Å². The minimum absolute atomic E-state index is 0.0755. The van der Waals surface area contributed by atoms with Gasteiger partial charge in [0, 0.05) is 18.5 Å². The molecule has 0 spiro atoms. The molecule has 0 aliphatic heterocycles. The van der Waals surface area contributed by atoms with E-state index >= 15 is 0 Å². The number of benzene rings is 1. The summed E-state index contributed by atoms with van der Waals surface area (Å²) in [6.07, 6.45) is -2.69. The Balaban J connectivity index is 2.14. The predicted octanol–water partition coefficient (Wildman–Crippen LogP) is 4.97. The van der Waals surface area contributed by atoms with Crippen molar-refractivity contribution in [1.82, 2.24) is 9.78 Å². The molecule has 0 radical (unpaired) electrons. The van der Waals surface area contributed by atoms with Crippen molar-refractivity contribution in [2.24, 2.45) is 18.5 Å². The minimum Gasteiger partial charge on any atom is -0.365 e. The maximum atomic E-state index is 13.1. The first-order valence-electron chi connectivity index (χ1n) is 8.70. The van der Waals surface area contributed by atoms with Gasteiger partial charge in [-0.05, 0) is 46.1 Å². The van der Waals surface area contributed by atoms with Crippen LogP contribution in [-0.4, -0.2) is 22.2 Å². The monoisotopic (exact) mass is 520 g/mol. The van der Waals surface area contributed by atoms with Gasteiger partial charge in [-0.1, -0.05) is 29.8 Å². The highest BCUT2D eigenvalue weighted by Gasteiger charge is 2.32. The van der Waals surface area contributed by atoms with Crippen LogP contribution in [0.3, 0.4) is 0 Å².